The van der Waals surface area contributed by atoms with E-state index in [0.717, 1.165) is 27.3 Å². The minimum atomic E-state index is -0.674. The van der Waals surface area contributed by atoms with Crippen LogP contribution in [0.25, 0.3) is 0 Å². The molecule has 0 saturated carbocycles. The molecule has 2 atom stereocenters. The van der Waals surface area contributed by atoms with Crippen molar-refractivity contribution >= 4 is 28.3 Å². The number of thiophene rings is 1. The van der Waals surface area contributed by atoms with Crippen molar-refractivity contribution in [2.24, 2.45) is 0 Å². The Morgan fingerprint density at radius 2 is 2.16 bits per heavy atom. The number of benzene rings is 1. The molecule has 0 radical (unpaired) electrons. The Bertz CT molecular complexity index is 1220. The largest absolute Gasteiger partial charge is 0.496 e. The van der Waals surface area contributed by atoms with Gasteiger partial charge >= 0.3 is 6.09 Å². The molecule has 3 heterocycles. The smallest absolute Gasteiger partial charge is 0.410 e. The molecule has 1 aromatic heterocycles. The highest BCUT2D eigenvalue weighted by Gasteiger charge is 2.34. The first-order valence-corrected chi connectivity index (χ1v) is 13.1. The summed E-state index contributed by atoms with van der Waals surface area (Å²) in [5.74, 6) is -0.172. The minimum absolute atomic E-state index is 0.0694. The SMILES string of the molecule is COc1ccc(C)cc1C(C)CC(=O)Nc1sc2c(c1C#N)CCN(C(=O)OCC1COC(C)(C)O1)C2. The number of nitrogens with one attached hydrogen (secondary N) is 1. The van der Waals surface area contributed by atoms with E-state index >= 15 is 0 Å². The second kappa shape index (κ2) is 11.1. The maximum absolute atomic E-state index is 12.9. The fourth-order valence-corrected chi connectivity index (χ4v) is 5.90. The van der Waals surface area contributed by atoms with Crippen LogP contribution in [0.3, 0.4) is 0 Å². The fraction of sp³-hybridized carbons (Fsp3) is 0.519. The van der Waals surface area contributed by atoms with E-state index in [1.54, 1.807) is 12.0 Å². The van der Waals surface area contributed by atoms with E-state index in [2.05, 4.69) is 11.4 Å². The van der Waals surface area contributed by atoms with Gasteiger partial charge in [0.05, 0.1) is 25.8 Å². The van der Waals surface area contributed by atoms with Gasteiger partial charge in [0, 0.05) is 17.8 Å². The molecule has 2 unspecified atom stereocenters. The lowest BCUT2D eigenvalue weighted by atomic mass is 9.95. The predicted molar refractivity (Wildman–Crippen MR) is 139 cm³/mol. The van der Waals surface area contributed by atoms with E-state index in [9.17, 15) is 14.9 Å². The number of aryl methyl sites for hydroxylation is 1. The van der Waals surface area contributed by atoms with Gasteiger partial charge < -0.3 is 29.2 Å². The van der Waals surface area contributed by atoms with Gasteiger partial charge in [-0.2, -0.15) is 5.26 Å². The van der Waals surface area contributed by atoms with Crippen LogP contribution in [0, 0.1) is 18.3 Å². The van der Waals surface area contributed by atoms with E-state index in [1.165, 1.54) is 11.3 Å². The zero-order chi connectivity index (χ0) is 26.7. The van der Waals surface area contributed by atoms with Gasteiger partial charge in [-0.25, -0.2) is 4.79 Å². The summed E-state index contributed by atoms with van der Waals surface area (Å²) in [5, 5.41) is 13.3. The Morgan fingerprint density at radius 3 is 2.84 bits per heavy atom. The van der Waals surface area contributed by atoms with Crippen LogP contribution in [0.15, 0.2) is 18.2 Å². The van der Waals surface area contributed by atoms with Gasteiger partial charge in [0.15, 0.2) is 5.79 Å². The minimum Gasteiger partial charge on any atom is -0.496 e. The number of fused-ring (bicyclic) bond motifs is 1. The van der Waals surface area contributed by atoms with Gasteiger partial charge in [-0.3, -0.25) is 4.79 Å². The highest BCUT2D eigenvalue weighted by molar-refractivity contribution is 7.16. The molecule has 0 spiro atoms. The zero-order valence-electron chi connectivity index (χ0n) is 21.9. The van der Waals surface area contributed by atoms with Crippen molar-refractivity contribution in [3.63, 3.8) is 0 Å². The second-order valence-corrected chi connectivity index (χ2v) is 11.0. The molecule has 37 heavy (non-hydrogen) atoms. The third kappa shape index (κ3) is 6.24. The number of hydrogen-bond donors (Lipinski definition) is 1. The molecule has 4 rings (SSSR count). The van der Waals surface area contributed by atoms with Gasteiger partial charge in [0.2, 0.25) is 5.91 Å². The summed E-state index contributed by atoms with van der Waals surface area (Å²) in [6.45, 7) is 8.87. The van der Waals surface area contributed by atoms with Gasteiger partial charge in [0.1, 0.15) is 29.5 Å². The molecule has 9 nitrogen and oxygen atoms in total. The van der Waals surface area contributed by atoms with Gasteiger partial charge in [-0.1, -0.05) is 24.6 Å². The summed E-state index contributed by atoms with van der Waals surface area (Å²) in [6, 6.07) is 8.16. The Hall–Kier alpha value is -3.13. The molecule has 2 aliphatic rings. The topological polar surface area (TPSA) is 110 Å². The quantitative estimate of drug-likeness (QED) is 0.555. The Balaban J connectivity index is 1.38. The third-order valence-corrected chi connectivity index (χ3v) is 7.68. The summed E-state index contributed by atoms with van der Waals surface area (Å²) < 4.78 is 22.1. The van der Waals surface area contributed by atoms with Crippen LogP contribution in [-0.2, 0) is 32.0 Å². The van der Waals surface area contributed by atoms with E-state index in [4.69, 9.17) is 18.9 Å². The summed E-state index contributed by atoms with van der Waals surface area (Å²) in [5.41, 5.74) is 3.42. The number of amides is 2. The number of ether oxygens (including phenoxy) is 4. The summed E-state index contributed by atoms with van der Waals surface area (Å²) in [6.07, 6.45) is 0.0369. The van der Waals surface area contributed by atoms with Crippen molar-refractivity contribution in [1.82, 2.24) is 4.90 Å². The van der Waals surface area contributed by atoms with Crippen molar-refractivity contribution < 1.29 is 28.5 Å². The van der Waals surface area contributed by atoms with Crippen LogP contribution < -0.4 is 10.1 Å². The number of hydrogen-bond acceptors (Lipinski definition) is 8. The molecule has 2 amide bonds. The number of rotatable bonds is 7. The molecule has 198 valence electrons. The molecule has 1 saturated heterocycles. The van der Waals surface area contributed by atoms with Gasteiger partial charge in [0.25, 0.3) is 0 Å². The van der Waals surface area contributed by atoms with Crippen LogP contribution in [0.4, 0.5) is 9.80 Å². The van der Waals surface area contributed by atoms with Crippen molar-refractivity contribution in [1.29, 1.82) is 5.26 Å². The Morgan fingerprint density at radius 1 is 1.38 bits per heavy atom. The lowest BCUT2D eigenvalue weighted by Crippen LogP contribution is -2.37. The average molecular weight is 528 g/mol. The monoisotopic (exact) mass is 527 g/mol. The zero-order valence-corrected chi connectivity index (χ0v) is 22.7. The lowest BCUT2D eigenvalue weighted by Gasteiger charge is -2.26. The molecule has 1 aromatic carbocycles. The predicted octanol–water partition coefficient (Wildman–Crippen LogP) is 4.72. The highest BCUT2D eigenvalue weighted by atomic mass is 32.1. The van der Waals surface area contributed by atoms with Gasteiger partial charge in [-0.05, 0) is 50.3 Å². The molecule has 0 aliphatic carbocycles. The van der Waals surface area contributed by atoms with Crippen molar-refractivity contribution in [3.05, 3.63) is 45.3 Å². The molecular formula is C27H33N3O6S. The van der Waals surface area contributed by atoms with Crippen molar-refractivity contribution in [2.75, 3.05) is 32.2 Å². The number of anilines is 1. The van der Waals surface area contributed by atoms with Crippen LogP contribution >= 0.6 is 11.3 Å². The lowest BCUT2D eigenvalue weighted by molar-refractivity contribution is -0.143. The highest BCUT2D eigenvalue weighted by Crippen LogP contribution is 2.37. The maximum Gasteiger partial charge on any atom is 0.410 e. The fourth-order valence-electron chi connectivity index (χ4n) is 4.67. The Labute approximate surface area is 221 Å². The van der Waals surface area contributed by atoms with Gasteiger partial charge in [-0.15, -0.1) is 11.3 Å². The van der Waals surface area contributed by atoms with Crippen LogP contribution in [0.5, 0.6) is 5.75 Å². The van der Waals surface area contributed by atoms with E-state index < -0.39 is 11.9 Å². The number of nitrogens with zero attached hydrogens (tertiary/aromatic N) is 2. The van der Waals surface area contributed by atoms with Crippen LogP contribution in [0.1, 0.15) is 60.2 Å². The first-order chi connectivity index (χ1) is 17.6. The number of nitriles is 1. The first kappa shape index (κ1) is 26.9. The molecule has 1 N–H and O–H groups in total. The van der Waals surface area contributed by atoms with E-state index in [-0.39, 0.29) is 31.0 Å². The second-order valence-electron chi connectivity index (χ2n) is 9.92. The summed E-state index contributed by atoms with van der Waals surface area (Å²) >= 11 is 1.34. The third-order valence-electron chi connectivity index (χ3n) is 6.55. The summed E-state index contributed by atoms with van der Waals surface area (Å²) in [4.78, 5) is 28.1. The van der Waals surface area contributed by atoms with E-state index in [1.807, 2.05) is 45.9 Å². The molecule has 0 bridgehead atoms. The molecular weight excluding hydrogens is 494 g/mol. The van der Waals surface area contributed by atoms with Crippen molar-refractivity contribution in [2.45, 2.75) is 64.9 Å². The molecule has 2 aromatic rings. The summed E-state index contributed by atoms with van der Waals surface area (Å²) in [7, 11) is 1.62. The molecule has 10 heteroatoms. The van der Waals surface area contributed by atoms with Crippen LogP contribution in [-0.4, -0.2) is 55.7 Å². The maximum atomic E-state index is 12.9. The van der Waals surface area contributed by atoms with Crippen molar-refractivity contribution in [3.8, 4) is 11.8 Å². The van der Waals surface area contributed by atoms with Crippen LogP contribution in [0.2, 0.25) is 0 Å². The Kier molecular flexibility index (Phi) is 8.07. The number of carbonyl (C=O) groups excluding carboxylic acids is 2. The normalized spacial score (nSPS) is 19.0. The molecule has 1 fully saturated rings. The molecule has 2 aliphatic heterocycles. The van der Waals surface area contributed by atoms with E-state index in [0.29, 0.717) is 36.7 Å². The first-order valence-electron chi connectivity index (χ1n) is 12.3. The number of carbonyl (C=O) groups is 2. The average Bonchev–Trinajstić information content (AvgIpc) is 3.39. The number of methoxy groups -OCH3 is 1. The standard InChI is InChI=1S/C27H33N3O6S/c1-16-6-7-22(33-5)20(10-16)17(2)11-24(31)29-25-21(12-28)19-8-9-30(13-23(19)37-25)26(32)34-14-18-15-35-27(3,4)36-18/h6-7,10,17-18H,8-9,11,13-15H2,1-5H3,(H,29,31).